The van der Waals surface area contributed by atoms with Crippen molar-refractivity contribution in [2.24, 2.45) is 0 Å². The van der Waals surface area contributed by atoms with Crippen LogP contribution in [0.3, 0.4) is 0 Å². The molecule has 0 aliphatic carbocycles. The van der Waals surface area contributed by atoms with Crippen molar-refractivity contribution in [3.05, 3.63) is 12.2 Å². The zero-order chi connectivity index (χ0) is 14.6. The minimum absolute atomic E-state index is 0.267. The van der Waals surface area contributed by atoms with Crippen LogP contribution in [0.4, 0.5) is 0 Å². The molecule has 0 N–H and O–H groups in total. The lowest BCUT2D eigenvalue weighted by atomic mass is 10.4. The first-order valence-corrected chi connectivity index (χ1v) is 6.37. The monoisotopic (exact) mass is 260 g/mol. The quantitative estimate of drug-likeness (QED) is 0.400. The topological polar surface area (TPSA) is 44.8 Å². The average molecular weight is 260 g/mol. The van der Waals surface area contributed by atoms with Gasteiger partial charge in [-0.05, 0) is 41.0 Å². The molecule has 0 saturated carbocycles. The molecular formula is C14H28O4. The standard InChI is InChI=1S/C7H16O2.C7H12O2/c1-6(2)8-5-9-7(3)4;1-4-5-9-7(8)6(2)3/h6-7H,5H2,1-4H3;2,4-5H2,1,3H3. The van der Waals surface area contributed by atoms with Crippen LogP contribution in [0, 0.1) is 0 Å². The van der Waals surface area contributed by atoms with Crippen molar-refractivity contribution in [3.63, 3.8) is 0 Å². The van der Waals surface area contributed by atoms with Crippen LogP contribution in [0.5, 0.6) is 0 Å². The second kappa shape index (κ2) is 12.6. The van der Waals surface area contributed by atoms with Crippen LogP contribution in [0.2, 0.25) is 0 Å². The van der Waals surface area contributed by atoms with Crippen LogP contribution in [-0.2, 0) is 19.0 Å². The largest absolute Gasteiger partial charge is 0.462 e. The Morgan fingerprint density at radius 1 is 1.11 bits per heavy atom. The van der Waals surface area contributed by atoms with Crippen LogP contribution in [0.1, 0.15) is 48.0 Å². The number of hydrogen-bond acceptors (Lipinski definition) is 4. The van der Waals surface area contributed by atoms with E-state index >= 15 is 0 Å². The van der Waals surface area contributed by atoms with Crippen molar-refractivity contribution >= 4 is 5.97 Å². The average Bonchev–Trinajstić information content (AvgIpc) is 2.25. The zero-order valence-electron chi connectivity index (χ0n) is 12.6. The van der Waals surface area contributed by atoms with Crippen molar-refractivity contribution in [1.82, 2.24) is 0 Å². The van der Waals surface area contributed by atoms with E-state index in [0.29, 0.717) is 19.0 Å². The number of carbonyl (C=O) groups is 1. The zero-order valence-corrected chi connectivity index (χ0v) is 12.6. The van der Waals surface area contributed by atoms with Gasteiger partial charge in [0.25, 0.3) is 0 Å². The molecule has 0 aliphatic heterocycles. The van der Waals surface area contributed by atoms with Gasteiger partial charge >= 0.3 is 5.97 Å². The van der Waals surface area contributed by atoms with Crippen molar-refractivity contribution in [2.45, 2.75) is 60.2 Å². The Morgan fingerprint density at radius 3 is 1.83 bits per heavy atom. The molecule has 0 heterocycles. The molecule has 0 radical (unpaired) electrons. The van der Waals surface area contributed by atoms with Crippen molar-refractivity contribution in [3.8, 4) is 0 Å². The molecule has 0 amide bonds. The molecule has 0 aromatic rings. The van der Waals surface area contributed by atoms with Gasteiger partial charge in [-0.25, -0.2) is 4.79 Å². The Labute approximate surface area is 111 Å². The predicted molar refractivity (Wildman–Crippen MR) is 73.4 cm³/mol. The molecule has 0 fully saturated rings. The fourth-order valence-electron chi connectivity index (χ4n) is 0.629. The highest BCUT2D eigenvalue weighted by Crippen LogP contribution is 1.92. The Kier molecular flexibility index (Phi) is 13.6. The molecule has 18 heavy (non-hydrogen) atoms. The van der Waals surface area contributed by atoms with Gasteiger partial charge in [0.2, 0.25) is 0 Å². The van der Waals surface area contributed by atoms with E-state index in [1.807, 2.05) is 34.6 Å². The van der Waals surface area contributed by atoms with Gasteiger partial charge in [0.15, 0.2) is 0 Å². The van der Waals surface area contributed by atoms with E-state index in [9.17, 15) is 4.79 Å². The maximum absolute atomic E-state index is 10.6. The first-order chi connectivity index (χ1) is 8.31. The van der Waals surface area contributed by atoms with E-state index in [2.05, 4.69) is 6.58 Å². The lowest BCUT2D eigenvalue weighted by Gasteiger charge is -2.09. The Bertz CT molecular complexity index is 214. The van der Waals surface area contributed by atoms with E-state index in [1.165, 1.54) is 0 Å². The van der Waals surface area contributed by atoms with Gasteiger partial charge in [0.05, 0.1) is 18.8 Å². The number of carbonyl (C=O) groups excluding carboxylic acids is 1. The molecule has 0 unspecified atom stereocenters. The molecule has 0 saturated heterocycles. The molecule has 108 valence electrons. The molecular weight excluding hydrogens is 232 g/mol. The van der Waals surface area contributed by atoms with E-state index in [4.69, 9.17) is 14.2 Å². The lowest BCUT2D eigenvalue weighted by molar-refractivity contribution is -0.138. The minimum Gasteiger partial charge on any atom is -0.462 e. The molecule has 4 heteroatoms. The van der Waals surface area contributed by atoms with Gasteiger partial charge < -0.3 is 14.2 Å². The summed E-state index contributed by atoms with van der Waals surface area (Å²) in [4.78, 5) is 10.6. The molecule has 4 nitrogen and oxygen atoms in total. The molecule has 0 aromatic carbocycles. The van der Waals surface area contributed by atoms with Crippen LogP contribution >= 0.6 is 0 Å². The SMILES string of the molecule is C=C(C)C(=O)OCCC.CC(C)OCOC(C)C. The number of hydrogen-bond donors (Lipinski definition) is 0. The minimum atomic E-state index is -0.295. The smallest absolute Gasteiger partial charge is 0.333 e. The van der Waals surface area contributed by atoms with Gasteiger partial charge in [-0.3, -0.25) is 0 Å². The highest BCUT2D eigenvalue weighted by molar-refractivity contribution is 5.86. The summed E-state index contributed by atoms with van der Waals surface area (Å²) in [6, 6.07) is 0. The van der Waals surface area contributed by atoms with Crippen LogP contribution in [0.15, 0.2) is 12.2 Å². The predicted octanol–water partition coefficient (Wildman–Crippen LogP) is 3.31. The summed E-state index contributed by atoms with van der Waals surface area (Å²) >= 11 is 0. The summed E-state index contributed by atoms with van der Waals surface area (Å²) in [5.41, 5.74) is 0.462. The van der Waals surface area contributed by atoms with E-state index < -0.39 is 0 Å². The van der Waals surface area contributed by atoms with Crippen LogP contribution in [-0.4, -0.2) is 31.6 Å². The maximum Gasteiger partial charge on any atom is 0.333 e. The first kappa shape index (κ1) is 19.5. The van der Waals surface area contributed by atoms with Crippen LogP contribution in [0.25, 0.3) is 0 Å². The summed E-state index contributed by atoms with van der Waals surface area (Å²) < 4.78 is 15.0. The van der Waals surface area contributed by atoms with E-state index in [1.54, 1.807) is 6.92 Å². The summed E-state index contributed by atoms with van der Waals surface area (Å²) in [5, 5.41) is 0. The third-order valence-corrected chi connectivity index (χ3v) is 1.59. The third kappa shape index (κ3) is 17.5. The number of ether oxygens (including phenoxy) is 3. The van der Waals surface area contributed by atoms with Gasteiger partial charge in [-0.1, -0.05) is 13.5 Å². The Balaban J connectivity index is 0. The molecule has 0 atom stereocenters. The molecule has 0 aliphatic rings. The van der Waals surface area contributed by atoms with E-state index in [-0.39, 0.29) is 18.2 Å². The van der Waals surface area contributed by atoms with Gasteiger partial charge in [0.1, 0.15) is 6.79 Å². The number of esters is 1. The third-order valence-electron chi connectivity index (χ3n) is 1.59. The summed E-state index contributed by atoms with van der Waals surface area (Å²) in [6.45, 7) is 15.9. The fourth-order valence-corrected chi connectivity index (χ4v) is 0.629. The maximum atomic E-state index is 10.6. The van der Waals surface area contributed by atoms with Gasteiger partial charge in [-0.15, -0.1) is 0 Å². The first-order valence-electron chi connectivity index (χ1n) is 6.37. The highest BCUT2D eigenvalue weighted by atomic mass is 16.7. The van der Waals surface area contributed by atoms with Gasteiger partial charge in [0, 0.05) is 5.57 Å². The van der Waals surface area contributed by atoms with Crippen molar-refractivity contribution in [2.75, 3.05) is 13.4 Å². The van der Waals surface area contributed by atoms with Crippen molar-refractivity contribution < 1.29 is 19.0 Å². The Hall–Kier alpha value is -0.870. The second-order valence-electron chi connectivity index (χ2n) is 4.46. The Morgan fingerprint density at radius 2 is 1.56 bits per heavy atom. The van der Waals surface area contributed by atoms with Gasteiger partial charge in [-0.2, -0.15) is 0 Å². The highest BCUT2D eigenvalue weighted by Gasteiger charge is 1.99. The van der Waals surface area contributed by atoms with Crippen molar-refractivity contribution in [1.29, 1.82) is 0 Å². The normalized spacial score (nSPS) is 10.0. The summed E-state index contributed by atoms with van der Waals surface area (Å²) in [5.74, 6) is -0.295. The lowest BCUT2D eigenvalue weighted by Crippen LogP contribution is -2.11. The summed E-state index contributed by atoms with van der Waals surface area (Å²) in [6.07, 6.45) is 1.39. The molecule has 0 aromatic heterocycles. The molecule has 0 bridgehead atoms. The van der Waals surface area contributed by atoms with E-state index in [0.717, 1.165) is 6.42 Å². The second-order valence-corrected chi connectivity index (χ2v) is 4.46. The molecule has 0 spiro atoms. The number of rotatable bonds is 7. The van der Waals surface area contributed by atoms with Crippen LogP contribution < -0.4 is 0 Å². The molecule has 0 rings (SSSR count). The fraction of sp³-hybridized carbons (Fsp3) is 0.786. The summed E-state index contributed by atoms with van der Waals surface area (Å²) in [7, 11) is 0.